The van der Waals surface area contributed by atoms with Crippen LogP contribution in [0.25, 0.3) is 10.9 Å². The number of benzene rings is 1. The van der Waals surface area contributed by atoms with E-state index in [0.29, 0.717) is 13.0 Å². The van der Waals surface area contributed by atoms with Crippen molar-refractivity contribution in [3.05, 3.63) is 69.8 Å². The van der Waals surface area contributed by atoms with Gasteiger partial charge in [0.1, 0.15) is 12.1 Å². The summed E-state index contributed by atoms with van der Waals surface area (Å²) in [6, 6.07) is 9.48. The smallest absolute Gasteiger partial charge is 0.356 e. The highest BCUT2D eigenvalue weighted by Gasteiger charge is 2.35. The van der Waals surface area contributed by atoms with Gasteiger partial charge in [0.05, 0.1) is 6.04 Å². The van der Waals surface area contributed by atoms with Crippen LogP contribution in [0.15, 0.2) is 47.4 Å². The third-order valence-electron chi connectivity index (χ3n) is 5.29. The monoisotopic (exact) mass is 389 g/mol. The molecule has 1 N–H and O–H groups in total. The minimum Gasteiger partial charge on any atom is -0.356 e. The Morgan fingerprint density at radius 1 is 1.21 bits per heavy atom. The lowest BCUT2D eigenvalue weighted by Gasteiger charge is -2.33. The first-order valence-corrected chi connectivity index (χ1v) is 8.93. The molecule has 0 aliphatic carbocycles. The maximum Gasteiger partial charge on any atom is 0.421 e. The number of alkyl halides is 3. The van der Waals surface area contributed by atoms with Crippen molar-refractivity contribution in [2.24, 2.45) is 0 Å². The Morgan fingerprint density at radius 2 is 1.96 bits per heavy atom. The molecule has 28 heavy (non-hydrogen) atoms. The lowest BCUT2D eigenvalue weighted by molar-refractivity contribution is -0.140. The number of aromatic amines is 1. The predicted octanol–water partition coefficient (Wildman–Crippen LogP) is 3.49. The number of rotatable bonds is 2. The van der Waals surface area contributed by atoms with E-state index in [0.717, 1.165) is 38.9 Å². The van der Waals surface area contributed by atoms with E-state index in [-0.39, 0.29) is 6.04 Å². The molecule has 146 valence electrons. The van der Waals surface area contributed by atoms with Gasteiger partial charge in [-0.3, -0.25) is 9.59 Å². The molecular weight excluding hydrogens is 371 g/mol. The topological polar surface area (TPSA) is 58.1 Å². The van der Waals surface area contributed by atoms with Gasteiger partial charge >= 0.3 is 6.18 Å². The predicted molar refractivity (Wildman–Crippen MR) is 97.8 cm³/mol. The number of hydrogen-bond acceptors (Lipinski definition) is 2. The lowest BCUT2D eigenvalue weighted by atomic mass is 9.98. The van der Waals surface area contributed by atoms with Crippen molar-refractivity contribution in [2.75, 3.05) is 6.54 Å². The van der Waals surface area contributed by atoms with Gasteiger partial charge in [-0.2, -0.15) is 13.2 Å². The zero-order chi connectivity index (χ0) is 20.1. The summed E-state index contributed by atoms with van der Waals surface area (Å²) in [6.45, 7) is 1.89. The number of carbonyl (C=O) groups is 1. The van der Waals surface area contributed by atoms with Gasteiger partial charge in [-0.1, -0.05) is 18.2 Å². The number of halogens is 3. The highest BCUT2D eigenvalue weighted by atomic mass is 19.4. The van der Waals surface area contributed by atoms with E-state index in [1.165, 1.54) is 6.20 Å². The number of para-hydroxylation sites is 1. The molecule has 0 radical (unpaired) electrons. The van der Waals surface area contributed by atoms with Crippen LogP contribution in [-0.4, -0.2) is 26.9 Å². The number of nitrogens with zero attached hydrogens (tertiary/aromatic N) is 2. The lowest BCUT2D eigenvalue weighted by Crippen LogP contribution is -2.42. The largest absolute Gasteiger partial charge is 0.421 e. The molecule has 0 fully saturated rings. The van der Waals surface area contributed by atoms with Crippen molar-refractivity contribution in [2.45, 2.75) is 32.1 Å². The van der Waals surface area contributed by atoms with E-state index in [1.54, 1.807) is 4.90 Å². The van der Waals surface area contributed by atoms with Crippen LogP contribution in [0.4, 0.5) is 13.2 Å². The summed E-state index contributed by atoms with van der Waals surface area (Å²) in [5, 5.41) is 1.12. The SMILES string of the molecule is C[C@@H]1c2[nH]c3ccccc3c2CCN1C(=O)Cn1cccc(C(F)(F)F)c1=O. The fourth-order valence-electron chi connectivity index (χ4n) is 3.88. The summed E-state index contributed by atoms with van der Waals surface area (Å²) in [5.74, 6) is -0.391. The normalized spacial score (nSPS) is 17.0. The summed E-state index contributed by atoms with van der Waals surface area (Å²) >= 11 is 0. The number of amides is 1. The number of aromatic nitrogens is 2. The standard InChI is InChI=1S/C20H18F3N3O2/c1-12-18-14(13-5-2-3-7-16(13)24-18)8-10-26(12)17(27)11-25-9-4-6-15(19(25)28)20(21,22)23/h2-7,9,12,24H,8,10-11H2,1H3/t12-/m1/s1. The first kappa shape index (κ1) is 18.3. The number of pyridine rings is 1. The second-order valence-corrected chi connectivity index (χ2v) is 6.93. The summed E-state index contributed by atoms with van der Waals surface area (Å²) in [4.78, 5) is 29.8. The minimum absolute atomic E-state index is 0.259. The highest BCUT2D eigenvalue weighted by molar-refractivity contribution is 5.86. The molecule has 2 aromatic heterocycles. The Morgan fingerprint density at radius 3 is 2.71 bits per heavy atom. The molecule has 3 aromatic rings. The Hall–Kier alpha value is -3.03. The summed E-state index contributed by atoms with van der Waals surface area (Å²) in [6.07, 6.45) is -2.90. The average molecular weight is 389 g/mol. The molecular formula is C20H18F3N3O2. The first-order chi connectivity index (χ1) is 13.3. The molecule has 5 nitrogen and oxygen atoms in total. The third kappa shape index (κ3) is 2.98. The second-order valence-electron chi connectivity index (χ2n) is 6.93. The number of hydrogen-bond donors (Lipinski definition) is 1. The molecule has 1 atom stereocenters. The molecule has 0 saturated heterocycles. The van der Waals surface area contributed by atoms with E-state index in [2.05, 4.69) is 4.98 Å². The molecule has 1 aromatic carbocycles. The molecule has 4 rings (SSSR count). The van der Waals surface area contributed by atoms with Crippen LogP contribution in [0.2, 0.25) is 0 Å². The number of fused-ring (bicyclic) bond motifs is 3. The maximum atomic E-state index is 12.9. The van der Waals surface area contributed by atoms with Gasteiger partial charge in [0.15, 0.2) is 0 Å². The molecule has 8 heteroatoms. The van der Waals surface area contributed by atoms with E-state index in [9.17, 15) is 22.8 Å². The van der Waals surface area contributed by atoms with Gasteiger partial charge in [0.2, 0.25) is 5.91 Å². The molecule has 0 bridgehead atoms. The maximum absolute atomic E-state index is 12.9. The van der Waals surface area contributed by atoms with Gasteiger partial charge in [-0.05, 0) is 37.1 Å². The Labute approximate surface area is 158 Å². The van der Waals surface area contributed by atoms with Crippen LogP contribution >= 0.6 is 0 Å². The van der Waals surface area contributed by atoms with Crippen LogP contribution in [0.3, 0.4) is 0 Å². The average Bonchev–Trinajstić information content (AvgIpc) is 3.02. The van der Waals surface area contributed by atoms with E-state index < -0.39 is 29.8 Å². The Kier molecular flexibility index (Phi) is 4.28. The highest BCUT2D eigenvalue weighted by Crippen LogP contribution is 2.34. The molecule has 0 unspecified atom stereocenters. The fourth-order valence-corrected chi connectivity index (χ4v) is 3.88. The van der Waals surface area contributed by atoms with Crippen LogP contribution in [-0.2, 0) is 23.9 Å². The van der Waals surface area contributed by atoms with Crippen LogP contribution < -0.4 is 5.56 Å². The van der Waals surface area contributed by atoms with Gasteiger partial charge in [0, 0.05) is 29.3 Å². The zero-order valence-corrected chi connectivity index (χ0v) is 15.1. The van der Waals surface area contributed by atoms with E-state index >= 15 is 0 Å². The molecule has 1 aliphatic heterocycles. The van der Waals surface area contributed by atoms with Gasteiger partial charge in [-0.25, -0.2) is 0 Å². The number of nitrogens with one attached hydrogen (secondary N) is 1. The minimum atomic E-state index is -4.75. The fraction of sp³-hybridized carbons (Fsp3) is 0.300. The van der Waals surface area contributed by atoms with Crippen LogP contribution in [0.1, 0.15) is 29.8 Å². The molecule has 0 spiro atoms. The number of H-pyrrole nitrogens is 1. The van der Waals surface area contributed by atoms with Crippen molar-refractivity contribution in [3.63, 3.8) is 0 Å². The van der Waals surface area contributed by atoms with Gasteiger partial charge in [-0.15, -0.1) is 0 Å². The quantitative estimate of drug-likeness (QED) is 0.729. The van der Waals surface area contributed by atoms with Crippen molar-refractivity contribution in [1.29, 1.82) is 0 Å². The van der Waals surface area contributed by atoms with Gasteiger partial charge < -0.3 is 14.5 Å². The van der Waals surface area contributed by atoms with Crippen LogP contribution in [0, 0.1) is 0 Å². The molecule has 1 aliphatic rings. The Bertz CT molecular complexity index is 1110. The summed E-state index contributed by atoms with van der Waals surface area (Å²) in [7, 11) is 0. The van der Waals surface area contributed by atoms with E-state index in [4.69, 9.17) is 0 Å². The van der Waals surface area contributed by atoms with Crippen molar-refractivity contribution in [3.8, 4) is 0 Å². The molecule has 1 amide bonds. The molecule has 3 heterocycles. The third-order valence-corrected chi connectivity index (χ3v) is 5.29. The molecule has 0 saturated carbocycles. The van der Waals surface area contributed by atoms with E-state index in [1.807, 2.05) is 31.2 Å². The zero-order valence-electron chi connectivity index (χ0n) is 15.1. The van der Waals surface area contributed by atoms with Crippen molar-refractivity contribution >= 4 is 16.8 Å². The first-order valence-electron chi connectivity index (χ1n) is 8.93. The van der Waals surface area contributed by atoms with Crippen molar-refractivity contribution < 1.29 is 18.0 Å². The number of carbonyl (C=O) groups excluding carboxylic acids is 1. The summed E-state index contributed by atoms with van der Waals surface area (Å²) in [5.41, 5.74) is 0.593. The second kappa shape index (κ2) is 6.54. The summed E-state index contributed by atoms with van der Waals surface area (Å²) < 4.78 is 39.6. The van der Waals surface area contributed by atoms with Gasteiger partial charge in [0.25, 0.3) is 5.56 Å². The Balaban J connectivity index is 1.61. The van der Waals surface area contributed by atoms with Crippen molar-refractivity contribution in [1.82, 2.24) is 14.5 Å². The van der Waals surface area contributed by atoms with Crippen LogP contribution in [0.5, 0.6) is 0 Å².